The van der Waals surface area contributed by atoms with Gasteiger partial charge in [-0.15, -0.1) is 0 Å². The standard InChI is InChI=1S/C9H24NO3Si/c1-8-9(10(2,3)4)14(11-5,12-6)13-7/h9H,8H2,1-7H3/q+1. The van der Waals surface area contributed by atoms with Crippen molar-refractivity contribution in [1.82, 2.24) is 0 Å². The van der Waals surface area contributed by atoms with Crippen LogP contribution < -0.4 is 0 Å². The van der Waals surface area contributed by atoms with E-state index in [1.165, 1.54) is 0 Å². The minimum Gasteiger partial charge on any atom is -0.373 e. The summed E-state index contributed by atoms with van der Waals surface area (Å²) in [6.45, 7) is 2.13. The van der Waals surface area contributed by atoms with Crippen molar-refractivity contribution in [2.75, 3.05) is 42.5 Å². The van der Waals surface area contributed by atoms with Crippen LogP contribution in [0.5, 0.6) is 0 Å². The van der Waals surface area contributed by atoms with E-state index < -0.39 is 8.80 Å². The summed E-state index contributed by atoms with van der Waals surface area (Å²) in [5.74, 6) is 0. The first-order valence-electron chi connectivity index (χ1n) is 4.84. The second-order valence-electron chi connectivity index (χ2n) is 4.26. The summed E-state index contributed by atoms with van der Waals surface area (Å²) in [6, 6.07) is 0. The molecular weight excluding hydrogens is 198 g/mol. The molecule has 0 aliphatic heterocycles. The first kappa shape index (κ1) is 14.1. The van der Waals surface area contributed by atoms with Gasteiger partial charge in [-0.05, 0) is 0 Å². The molecule has 5 heteroatoms. The molecule has 1 atom stereocenters. The Hall–Kier alpha value is 0.0569. The van der Waals surface area contributed by atoms with E-state index in [4.69, 9.17) is 13.3 Å². The van der Waals surface area contributed by atoms with Crippen molar-refractivity contribution in [3.8, 4) is 0 Å². The summed E-state index contributed by atoms with van der Waals surface area (Å²) >= 11 is 0. The first-order valence-corrected chi connectivity index (χ1v) is 6.64. The van der Waals surface area contributed by atoms with E-state index in [-0.39, 0.29) is 5.67 Å². The Labute approximate surface area is 88.7 Å². The van der Waals surface area contributed by atoms with E-state index in [1.807, 2.05) is 0 Å². The Kier molecular flexibility index (Phi) is 5.25. The molecule has 0 aliphatic carbocycles. The molecule has 0 saturated carbocycles. The maximum atomic E-state index is 5.49. The molecule has 0 aliphatic rings. The van der Waals surface area contributed by atoms with Crippen LogP contribution >= 0.6 is 0 Å². The van der Waals surface area contributed by atoms with Crippen LogP contribution in [0.4, 0.5) is 0 Å². The zero-order valence-electron chi connectivity index (χ0n) is 10.5. The molecule has 0 aromatic heterocycles. The predicted molar refractivity (Wildman–Crippen MR) is 58.9 cm³/mol. The van der Waals surface area contributed by atoms with E-state index in [2.05, 4.69) is 28.1 Å². The molecule has 0 amide bonds. The van der Waals surface area contributed by atoms with Crippen molar-refractivity contribution < 1.29 is 17.8 Å². The highest BCUT2D eigenvalue weighted by molar-refractivity contribution is 6.62. The molecule has 0 aromatic carbocycles. The molecule has 0 spiro atoms. The monoisotopic (exact) mass is 222 g/mol. The molecular formula is C9H24NO3Si+. The molecule has 0 rings (SSSR count). The van der Waals surface area contributed by atoms with Crippen molar-refractivity contribution in [3.63, 3.8) is 0 Å². The molecule has 14 heavy (non-hydrogen) atoms. The summed E-state index contributed by atoms with van der Waals surface area (Å²) in [4.78, 5) is 0. The van der Waals surface area contributed by atoms with Crippen LogP contribution in [0, 0.1) is 0 Å². The molecule has 86 valence electrons. The molecule has 0 fully saturated rings. The lowest BCUT2D eigenvalue weighted by Gasteiger charge is -2.40. The summed E-state index contributed by atoms with van der Waals surface area (Å²) < 4.78 is 17.3. The summed E-state index contributed by atoms with van der Waals surface area (Å²) in [5, 5.41) is 0. The fourth-order valence-electron chi connectivity index (χ4n) is 1.93. The van der Waals surface area contributed by atoms with Gasteiger partial charge in [0.15, 0.2) is 5.67 Å². The molecule has 1 unspecified atom stereocenters. The van der Waals surface area contributed by atoms with Gasteiger partial charge in [-0.1, -0.05) is 6.92 Å². The Morgan fingerprint density at radius 1 is 1.00 bits per heavy atom. The van der Waals surface area contributed by atoms with Crippen LogP contribution in [-0.4, -0.2) is 61.4 Å². The molecule has 0 N–H and O–H groups in total. The molecule has 0 heterocycles. The maximum Gasteiger partial charge on any atom is 0.561 e. The molecule has 4 nitrogen and oxygen atoms in total. The summed E-state index contributed by atoms with van der Waals surface area (Å²) in [5.41, 5.74) is 0.266. The van der Waals surface area contributed by atoms with Gasteiger partial charge in [0.2, 0.25) is 0 Å². The normalized spacial score (nSPS) is 15.6. The van der Waals surface area contributed by atoms with Crippen molar-refractivity contribution in [2.24, 2.45) is 0 Å². The van der Waals surface area contributed by atoms with E-state index in [9.17, 15) is 0 Å². The average molecular weight is 222 g/mol. The second-order valence-corrected chi connectivity index (χ2v) is 7.35. The SMILES string of the molecule is CCC([N+](C)(C)C)[Si](OC)(OC)OC. The van der Waals surface area contributed by atoms with Gasteiger partial charge in [-0.2, -0.15) is 0 Å². The third-order valence-electron chi connectivity index (χ3n) is 2.58. The molecule has 0 saturated heterocycles. The van der Waals surface area contributed by atoms with Crippen molar-refractivity contribution in [3.05, 3.63) is 0 Å². The van der Waals surface area contributed by atoms with Crippen molar-refractivity contribution in [2.45, 2.75) is 19.0 Å². The highest BCUT2D eigenvalue weighted by atomic mass is 28.4. The Morgan fingerprint density at radius 2 is 1.36 bits per heavy atom. The van der Waals surface area contributed by atoms with Crippen LogP contribution in [0.25, 0.3) is 0 Å². The van der Waals surface area contributed by atoms with Gasteiger partial charge in [-0.25, -0.2) is 0 Å². The Bertz CT molecular complexity index is 158. The van der Waals surface area contributed by atoms with Gasteiger partial charge in [0.1, 0.15) is 0 Å². The number of quaternary nitrogens is 1. The van der Waals surface area contributed by atoms with E-state index in [1.54, 1.807) is 21.3 Å². The highest BCUT2D eigenvalue weighted by Crippen LogP contribution is 2.22. The Morgan fingerprint density at radius 3 is 1.43 bits per heavy atom. The first-order chi connectivity index (χ1) is 6.37. The minimum atomic E-state index is -2.51. The third-order valence-corrected chi connectivity index (χ3v) is 6.29. The lowest BCUT2D eigenvalue weighted by atomic mass is 10.4. The average Bonchev–Trinajstić information content (AvgIpc) is 2.12. The largest absolute Gasteiger partial charge is 0.561 e. The Balaban J connectivity index is 4.94. The third kappa shape index (κ3) is 2.77. The fourth-order valence-corrected chi connectivity index (χ4v) is 4.70. The van der Waals surface area contributed by atoms with Gasteiger partial charge >= 0.3 is 8.80 Å². The minimum absolute atomic E-state index is 0.266. The highest BCUT2D eigenvalue weighted by Gasteiger charge is 2.54. The summed E-state index contributed by atoms with van der Waals surface area (Å²) in [6.07, 6.45) is 0.977. The van der Waals surface area contributed by atoms with Crippen LogP contribution in [0.3, 0.4) is 0 Å². The van der Waals surface area contributed by atoms with Gasteiger partial charge in [0.25, 0.3) is 0 Å². The zero-order valence-corrected chi connectivity index (χ0v) is 11.5. The van der Waals surface area contributed by atoms with Crippen LogP contribution in [0.2, 0.25) is 0 Å². The molecule has 0 radical (unpaired) electrons. The van der Waals surface area contributed by atoms with Gasteiger partial charge in [0.05, 0.1) is 21.1 Å². The smallest absolute Gasteiger partial charge is 0.373 e. The van der Waals surface area contributed by atoms with E-state index in [0.29, 0.717) is 0 Å². The second kappa shape index (κ2) is 5.23. The lowest BCUT2D eigenvalue weighted by Crippen LogP contribution is -2.65. The van der Waals surface area contributed by atoms with Crippen molar-refractivity contribution >= 4 is 8.80 Å². The van der Waals surface area contributed by atoms with Crippen molar-refractivity contribution in [1.29, 1.82) is 0 Å². The van der Waals surface area contributed by atoms with Crippen LogP contribution in [-0.2, 0) is 13.3 Å². The number of hydrogen-bond acceptors (Lipinski definition) is 3. The lowest BCUT2D eigenvalue weighted by molar-refractivity contribution is -0.887. The van der Waals surface area contributed by atoms with Crippen LogP contribution in [0.15, 0.2) is 0 Å². The molecule has 0 aromatic rings. The van der Waals surface area contributed by atoms with E-state index >= 15 is 0 Å². The quantitative estimate of drug-likeness (QED) is 0.493. The summed E-state index contributed by atoms with van der Waals surface area (Å²) in [7, 11) is 8.88. The van der Waals surface area contributed by atoms with Gasteiger partial charge < -0.3 is 17.8 Å². The van der Waals surface area contributed by atoms with Gasteiger partial charge in [-0.3, -0.25) is 0 Å². The topological polar surface area (TPSA) is 27.7 Å². The maximum absolute atomic E-state index is 5.49. The fraction of sp³-hybridized carbons (Fsp3) is 1.00. The van der Waals surface area contributed by atoms with E-state index in [0.717, 1.165) is 10.9 Å². The zero-order chi connectivity index (χ0) is 11.4. The van der Waals surface area contributed by atoms with Crippen LogP contribution in [0.1, 0.15) is 13.3 Å². The number of hydrogen-bond donors (Lipinski definition) is 0. The number of rotatable bonds is 6. The number of nitrogens with zero attached hydrogens (tertiary/aromatic N) is 1. The molecule has 0 bridgehead atoms. The predicted octanol–water partition coefficient (Wildman–Crippen LogP) is 0.889. The van der Waals surface area contributed by atoms with Gasteiger partial charge in [0, 0.05) is 27.8 Å².